The molecule has 1 amide bonds. The lowest BCUT2D eigenvalue weighted by Crippen LogP contribution is -2.37. The quantitative estimate of drug-likeness (QED) is 0.816. The number of carbonyl (C=O) groups is 1. The number of imidazole rings is 1. The van der Waals surface area contributed by atoms with Gasteiger partial charge >= 0.3 is 0 Å². The van der Waals surface area contributed by atoms with Gasteiger partial charge < -0.3 is 20.4 Å². The minimum absolute atomic E-state index is 0.00521. The zero-order chi connectivity index (χ0) is 14.5. The van der Waals surface area contributed by atoms with E-state index >= 15 is 0 Å². The van der Waals surface area contributed by atoms with Crippen molar-refractivity contribution in [3.63, 3.8) is 0 Å². The molecule has 0 aliphatic carbocycles. The monoisotopic (exact) mass is 275 g/mol. The fourth-order valence-electron chi connectivity index (χ4n) is 2.24. The van der Waals surface area contributed by atoms with Crippen molar-refractivity contribution in [2.45, 2.75) is 20.4 Å². The lowest BCUT2D eigenvalue weighted by atomic mass is 10.3. The van der Waals surface area contributed by atoms with E-state index in [2.05, 4.69) is 10.3 Å². The lowest BCUT2D eigenvalue weighted by molar-refractivity contribution is -0.119. The number of likely N-dealkylation sites (N-methyl/N-ethyl adjacent to an activating group) is 2. The maximum Gasteiger partial charge on any atom is 0.239 e. The summed E-state index contributed by atoms with van der Waals surface area (Å²) in [4.78, 5) is 18.3. The molecule has 0 atom stereocenters. The highest BCUT2D eigenvalue weighted by molar-refractivity contribution is 5.81. The molecule has 0 saturated carbocycles. The van der Waals surface area contributed by atoms with Crippen LogP contribution in [0.5, 0.6) is 0 Å². The number of pyridine rings is 1. The molecule has 0 bridgehead atoms. The van der Waals surface area contributed by atoms with Gasteiger partial charge in [-0.3, -0.25) is 4.79 Å². The molecule has 0 unspecified atom stereocenters. The largest absolute Gasteiger partial charge is 0.355 e. The molecular weight excluding hydrogens is 254 g/mol. The van der Waals surface area contributed by atoms with Crippen LogP contribution < -0.4 is 16.0 Å². The van der Waals surface area contributed by atoms with E-state index in [9.17, 15) is 4.79 Å². The second-order valence-electron chi connectivity index (χ2n) is 4.48. The number of hydrogen-bond donors (Lipinski definition) is 2. The predicted octanol–water partition coefficient (Wildman–Crippen LogP) is 0.755. The molecule has 0 radical (unpaired) electrons. The summed E-state index contributed by atoms with van der Waals surface area (Å²) in [6.45, 7) is 5.92. The predicted molar refractivity (Wildman–Crippen MR) is 79.7 cm³/mol. The number of carbonyl (C=O) groups excluding carboxylic acids is 1. The first-order chi connectivity index (χ1) is 9.71. The number of aromatic nitrogens is 2. The second kappa shape index (κ2) is 6.38. The molecule has 2 aromatic rings. The molecule has 2 heterocycles. The first-order valence-corrected chi connectivity index (χ1v) is 6.88. The molecule has 3 N–H and O–H groups in total. The fourth-order valence-corrected chi connectivity index (χ4v) is 2.24. The Labute approximate surface area is 118 Å². The molecule has 0 aliphatic rings. The first kappa shape index (κ1) is 14.3. The van der Waals surface area contributed by atoms with Crippen LogP contribution in [-0.4, -0.2) is 34.9 Å². The van der Waals surface area contributed by atoms with Crippen molar-refractivity contribution >= 4 is 17.4 Å². The Morgan fingerprint density at radius 2 is 2.25 bits per heavy atom. The Kier molecular flexibility index (Phi) is 4.57. The maximum absolute atomic E-state index is 11.8. The molecule has 0 fully saturated rings. The number of rotatable bonds is 6. The molecule has 0 spiro atoms. The van der Waals surface area contributed by atoms with Crippen LogP contribution in [0.3, 0.4) is 0 Å². The molecule has 0 aliphatic heterocycles. The minimum atomic E-state index is -0.00521. The van der Waals surface area contributed by atoms with Gasteiger partial charge in [0.15, 0.2) is 5.82 Å². The van der Waals surface area contributed by atoms with E-state index in [1.165, 1.54) is 0 Å². The molecule has 2 aromatic heterocycles. The third kappa shape index (κ3) is 2.75. The van der Waals surface area contributed by atoms with Crippen molar-refractivity contribution in [3.8, 4) is 0 Å². The Bertz CT molecular complexity index is 592. The topological polar surface area (TPSA) is 75.7 Å². The molecule has 0 aromatic carbocycles. The maximum atomic E-state index is 11.8. The smallest absolute Gasteiger partial charge is 0.239 e. The van der Waals surface area contributed by atoms with E-state index in [1.807, 2.05) is 47.5 Å². The molecule has 0 saturated heterocycles. The molecule has 6 heteroatoms. The summed E-state index contributed by atoms with van der Waals surface area (Å²) >= 11 is 0. The highest BCUT2D eigenvalue weighted by Crippen LogP contribution is 2.21. The lowest BCUT2D eigenvalue weighted by Gasteiger charge is -2.21. The van der Waals surface area contributed by atoms with Gasteiger partial charge in [-0.15, -0.1) is 0 Å². The molecule has 2 rings (SSSR count). The summed E-state index contributed by atoms with van der Waals surface area (Å²) < 4.78 is 1.97. The Balaban J connectivity index is 2.36. The highest BCUT2D eigenvalue weighted by atomic mass is 16.2. The van der Waals surface area contributed by atoms with Crippen LogP contribution in [0.25, 0.3) is 5.65 Å². The Hall–Kier alpha value is -2.08. The van der Waals surface area contributed by atoms with Gasteiger partial charge in [-0.1, -0.05) is 6.07 Å². The molecule has 6 nitrogen and oxygen atoms in total. The summed E-state index contributed by atoms with van der Waals surface area (Å²) in [6.07, 6.45) is 1.94. The van der Waals surface area contributed by atoms with Gasteiger partial charge in [0.1, 0.15) is 5.65 Å². The van der Waals surface area contributed by atoms with Crippen molar-refractivity contribution in [1.82, 2.24) is 14.7 Å². The fraction of sp³-hybridized carbons (Fsp3) is 0.429. The molecule has 20 heavy (non-hydrogen) atoms. The van der Waals surface area contributed by atoms with E-state index in [-0.39, 0.29) is 5.91 Å². The second-order valence-corrected chi connectivity index (χ2v) is 4.48. The number of amides is 1. The van der Waals surface area contributed by atoms with Crippen molar-refractivity contribution in [1.29, 1.82) is 0 Å². The van der Waals surface area contributed by atoms with Crippen molar-refractivity contribution in [2.24, 2.45) is 5.73 Å². The normalized spacial score (nSPS) is 10.8. The van der Waals surface area contributed by atoms with Gasteiger partial charge in [0.2, 0.25) is 5.91 Å². The van der Waals surface area contributed by atoms with E-state index in [4.69, 9.17) is 5.73 Å². The van der Waals surface area contributed by atoms with Crippen LogP contribution >= 0.6 is 0 Å². The summed E-state index contributed by atoms with van der Waals surface area (Å²) in [5, 5.41) is 2.80. The third-order valence-electron chi connectivity index (χ3n) is 3.19. The van der Waals surface area contributed by atoms with Crippen LogP contribution in [0.2, 0.25) is 0 Å². The SMILES string of the molecule is CCNC(=O)CN(CC)c1nc2ccccn2c1CN. The zero-order valence-electron chi connectivity index (χ0n) is 12.0. The summed E-state index contributed by atoms with van der Waals surface area (Å²) in [6, 6.07) is 5.81. The van der Waals surface area contributed by atoms with Crippen molar-refractivity contribution < 1.29 is 4.79 Å². The number of hydrogen-bond acceptors (Lipinski definition) is 4. The number of anilines is 1. The highest BCUT2D eigenvalue weighted by Gasteiger charge is 2.18. The minimum Gasteiger partial charge on any atom is -0.355 e. The average Bonchev–Trinajstić information content (AvgIpc) is 2.83. The molecule has 108 valence electrons. The Morgan fingerprint density at radius 3 is 2.90 bits per heavy atom. The van der Waals surface area contributed by atoms with Crippen LogP contribution in [0.4, 0.5) is 5.82 Å². The van der Waals surface area contributed by atoms with Gasteiger partial charge in [-0.05, 0) is 26.0 Å². The summed E-state index contributed by atoms with van der Waals surface area (Å²) in [5.74, 6) is 0.779. The van der Waals surface area contributed by atoms with Gasteiger partial charge in [-0.2, -0.15) is 0 Å². The van der Waals surface area contributed by atoms with Gasteiger partial charge in [0, 0.05) is 25.8 Å². The van der Waals surface area contributed by atoms with Crippen LogP contribution in [0, 0.1) is 0 Å². The number of nitrogens with two attached hydrogens (primary N) is 1. The number of fused-ring (bicyclic) bond motifs is 1. The van der Waals surface area contributed by atoms with E-state index in [0.29, 0.717) is 26.2 Å². The van der Waals surface area contributed by atoms with Crippen molar-refractivity contribution in [3.05, 3.63) is 30.1 Å². The van der Waals surface area contributed by atoms with Gasteiger partial charge in [-0.25, -0.2) is 4.98 Å². The average molecular weight is 275 g/mol. The van der Waals surface area contributed by atoms with Gasteiger partial charge in [0.05, 0.1) is 12.2 Å². The van der Waals surface area contributed by atoms with Crippen molar-refractivity contribution in [2.75, 3.05) is 24.5 Å². The van der Waals surface area contributed by atoms with Crippen LogP contribution in [0.1, 0.15) is 19.5 Å². The zero-order valence-corrected chi connectivity index (χ0v) is 12.0. The summed E-state index contributed by atoms with van der Waals surface area (Å²) in [5.41, 5.74) is 7.62. The first-order valence-electron chi connectivity index (χ1n) is 6.88. The van der Waals surface area contributed by atoms with E-state index < -0.39 is 0 Å². The number of nitrogens with zero attached hydrogens (tertiary/aromatic N) is 3. The third-order valence-corrected chi connectivity index (χ3v) is 3.19. The molecular formula is C14H21N5O. The van der Waals surface area contributed by atoms with E-state index in [0.717, 1.165) is 17.2 Å². The van der Waals surface area contributed by atoms with Crippen LogP contribution in [0.15, 0.2) is 24.4 Å². The Morgan fingerprint density at radius 1 is 1.45 bits per heavy atom. The van der Waals surface area contributed by atoms with E-state index in [1.54, 1.807) is 0 Å². The van der Waals surface area contributed by atoms with Gasteiger partial charge in [0.25, 0.3) is 0 Å². The summed E-state index contributed by atoms with van der Waals surface area (Å²) in [7, 11) is 0. The standard InChI is InChI=1S/C14H21N5O/c1-3-16-13(20)10-18(4-2)14-11(9-15)19-8-6-5-7-12(19)17-14/h5-8H,3-4,9-10,15H2,1-2H3,(H,16,20). The number of nitrogens with one attached hydrogen (secondary N) is 1. The van der Waals surface area contributed by atoms with Crippen LogP contribution in [-0.2, 0) is 11.3 Å².